The Morgan fingerprint density at radius 3 is 2.73 bits per heavy atom. The summed E-state index contributed by atoms with van der Waals surface area (Å²) in [7, 11) is 0. The third kappa shape index (κ3) is 1.85. The van der Waals surface area contributed by atoms with Crippen molar-refractivity contribution >= 4 is 0 Å². The van der Waals surface area contributed by atoms with Gasteiger partial charge in [0.2, 0.25) is 0 Å². The van der Waals surface area contributed by atoms with Crippen LogP contribution in [0.2, 0.25) is 0 Å². The standard InChI is InChI=1S/C10H10F3NO/c11-10(12,13)7-1-2-8-6(3-7)4-14-9(8)5-15/h1-3,9,14-15H,4-5H2/t9-/m0/s1. The van der Waals surface area contributed by atoms with Crippen LogP contribution in [0.1, 0.15) is 22.7 Å². The third-order valence-corrected chi connectivity index (χ3v) is 2.57. The second kappa shape index (κ2) is 3.50. The molecule has 0 saturated carbocycles. The van der Waals surface area contributed by atoms with Crippen molar-refractivity contribution in [3.63, 3.8) is 0 Å². The van der Waals surface area contributed by atoms with Crippen LogP contribution in [-0.4, -0.2) is 11.7 Å². The molecule has 0 fully saturated rings. The van der Waals surface area contributed by atoms with Gasteiger partial charge in [0.1, 0.15) is 0 Å². The van der Waals surface area contributed by atoms with Crippen molar-refractivity contribution in [1.82, 2.24) is 5.32 Å². The molecule has 0 amide bonds. The summed E-state index contributed by atoms with van der Waals surface area (Å²) in [5.41, 5.74) is 0.732. The minimum atomic E-state index is -4.30. The molecule has 0 radical (unpaired) electrons. The van der Waals surface area contributed by atoms with Gasteiger partial charge < -0.3 is 10.4 Å². The molecule has 1 aliphatic heterocycles. The molecule has 1 aliphatic rings. The van der Waals surface area contributed by atoms with E-state index >= 15 is 0 Å². The minimum absolute atomic E-state index is 0.0988. The van der Waals surface area contributed by atoms with E-state index in [4.69, 9.17) is 5.11 Å². The van der Waals surface area contributed by atoms with E-state index < -0.39 is 11.7 Å². The van der Waals surface area contributed by atoms with Crippen molar-refractivity contribution < 1.29 is 18.3 Å². The third-order valence-electron chi connectivity index (χ3n) is 2.57. The van der Waals surface area contributed by atoms with Gasteiger partial charge in [0.15, 0.2) is 0 Å². The summed E-state index contributed by atoms with van der Waals surface area (Å²) in [6, 6.07) is 3.38. The largest absolute Gasteiger partial charge is 0.416 e. The molecule has 1 atom stereocenters. The zero-order chi connectivity index (χ0) is 11.1. The maximum absolute atomic E-state index is 12.4. The highest BCUT2D eigenvalue weighted by Gasteiger charge is 2.32. The number of aliphatic hydroxyl groups is 1. The number of halogens is 3. The second-order valence-corrected chi connectivity index (χ2v) is 3.53. The monoisotopic (exact) mass is 217 g/mol. The molecule has 0 aliphatic carbocycles. The Kier molecular flexibility index (Phi) is 2.44. The van der Waals surface area contributed by atoms with E-state index in [0.29, 0.717) is 12.1 Å². The normalized spacial score (nSPS) is 20.4. The summed E-state index contributed by atoms with van der Waals surface area (Å²) in [6.07, 6.45) is -4.30. The van der Waals surface area contributed by atoms with Gasteiger partial charge >= 0.3 is 6.18 Å². The molecule has 0 aromatic heterocycles. The van der Waals surface area contributed by atoms with E-state index in [2.05, 4.69) is 5.32 Å². The molecule has 5 heteroatoms. The number of nitrogens with one attached hydrogen (secondary N) is 1. The van der Waals surface area contributed by atoms with Gasteiger partial charge in [-0.15, -0.1) is 0 Å². The fourth-order valence-corrected chi connectivity index (χ4v) is 1.78. The van der Waals surface area contributed by atoms with Crippen molar-refractivity contribution in [3.05, 3.63) is 34.9 Å². The van der Waals surface area contributed by atoms with Gasteiger partial charge in [-0.05, 0) is 23.3 Å². The molecule has 0 bridgehead atoms. The van der Waals surface area contributed by atoms with Gasteiger partial charge in [-0.2, -0.15) is 13.2 Å². The molecule has 1 aromatic carbocycles. The van der Waals surface area contributed by atoms with Crippen LogP contribution < -0.4 is 5.32 Å². The summed E-state index contributed by atoms with van der Waals surface area (Å²) in [5.74, 6) is 0. The molecule has 0 spiro atoms. The lowest BCUT2D eigenvalue weighted by Gasteiger charge is -2.10. The first-order chi connectivity index (χ1) is 7.02. The minimum Gasteiger partial charge on any atom is -0.394 e. The summed E-state index contributed by atoms with van der Waals surface area (Å²) < 4.78 is 37.1. The van der Waals surface area contributed by atoms with Gasteiger partial charge in [-0.25, -0.2) is 0 Å². The van der Waals surface area contributed by atoms with Crippen LogP contribution in [0.3, 0.4) is 0 Å². The van der Waals surface area contributed by atoms with Gasteiger partial charge in [-0.3, -0.25) is 0 Å². The average molecular weight is 217 g/mol. The molecule has 1 heterocycles. The first-order valence-electron chi connectivity index (χ1n) is 4.56. The van der Waals surface area contributed by atoms with Crippen molar-refractivity contribution in [2.24, 2.45) is 0 Å². The molecule has 82 valence electrons. The van der Waals surface area contributed by atoms with Crippen molar-refractivity contribution in [2.45, 2.75) is 18.8 Å². The Morgan fingerprint density at radius 2 is 2.13 bits per heavy atom. The Balaban J connectivity index is 2.37. The molecule has 2 rings (SSSR count). The molecule has 15 heavy (non-hydrogen) atoms. The molecule has 2 N–H and O–H groups in total. The van der Waals surface area contributed by atoms with E-state index in [-0.39, 0.29) is 12.6 Å². The summed E-state index contributed by atoms with van der Waals surface area (Å²) in [5, 5.41) is 11.9. The van der Waals surface area contributed by atoms with Crippen LogP contribution >= 0.6 is 0 Å². The van der Waals surface area contributed by atoms with E-state index in [1.165, 1.54) is 6.07 Å². The van der Waals surface area contributed by atoms with Gasteiger partial charge in [0.05, 0.1) is 18.2 Å². The maximum atomic E-state index is 12.4. The van der Waals surface area contributed by atoms with Gasteiger partial charge in [0, 0.05) is 6.54 Å². The predicted molar refractivity (Wildman–Crippen MR) is 48.1 cm³/mol. The van der Waals surface area contributed by atoms with Crippen LogP contribution in [0.25, 0.3) is 0 Å². The lowest BCUT2D eigenvalue weighted by Crippen LogP contribution is -2.15. The number of fused-ring (bicyclic) bond motifs is 1. The zero-order valence-corrected chi connectivity index (χ0v) is 7.80. The van der Waals surface area contributed by atoms with E-state index in [1.807, 2.05) is 0 Å². The topological polar surface area (TPSA) is 32.3 Å². The van der Waals surface area contributed by atoms with Crippen LogP contribution in [0.15, 0.2) is 18.2 Å². The first-order valence-corrected chi connectivity index (χ1v) is 4.56. The lowest BCUT2D eigenvalue weighted by molar-refractivity contribution is -0.137. The first kappa shape index (κ1) is 10.4. The fraction of sp³-hybridized carbons (Fsp3) is 0.400. The molecule has 2 nitrogen and oxygen atoms in total. The summed E-state index contributed by atoms with van der Waals surface area (Å²) in [6.45, 7) is 0.281. The van der Waals surface area contributed by atoms with Crippen molar-refractivity contribution in [2.75, 3.05) is 6.61 Å². The number of hydrogen-bond acceptors (Lipinski definition) is 2. The number of rotatable bonds is 1. The fourth-order valence-electron chi connectivity index (χ4n) is 1.78. The smallest absolute Gasteiger partial charge is 0.394 e. The van der Waals surface area contributed by atoms with Gasteiger partial charge in [-0.1, -0.05) is 6.07 Å². The lowest BCUT2D eigenvalue weighted by atomic mass is 10.0. The molecular formula is C10H10F3NO. The highest BCUT2D eigenvalue weighted by atomic mass is 19.4. The Bertz CT molecular complexity index is 375. The van der Waals surface area contributed by atoms with E-state index in [9.17, 15) is 13.2 Å². The number of alkyl halides is 3. The predicted octanol–water partition coefficient (Wildman–Crippen LogP) is 1.84. The highest BCUT2D eigenvalue weighted by Crippen LogP contribution is 2.33. The Morgan fingerprint density at radius 1 is 1.40 bits per heavy atom. The highest BCUT2D eigenvalue weighted by molar-refractivity contribution is 5.38. The number of hydrogen-bond donors (Lipinski definition) is 2. The Hall–Kier alpha value is -1.07. The quantitative estimate of drug-likeness (QED) is 0.752. The number of aliphatic hydroxyl groups excluding tert-OH is 1. The van der Waals surface area contributed by atoms with Gasteiger partial charge in [0.25, 0.3) is 0 Å². The average Bonchev–Trinajstić information content (AvgIpc) is 2.58. The van der Waals surface area contributed by atoms with Crippen molar-refractivity contribution in [1.29, 1.82) is 0 Å². The Labute approximate surface area is 84.7 Å². The molecule has 0 unspecified atom stereocenters. The molecule has 0 saturated heterocycles. The van der Waals surface area contributed by atoms with Crippen molar-refractivity contribution in [3.8, 4) is 0 Å². The van der Waals surface area contributed by atoms with Crippen LogP contribution in [0.4, 0.5) is 13.2 Å². The van der Waals surface area contributed by atoms with E-state index in [0.717, 1.165) is 17.7 Å². The summed E-state index contributed by atoms with van der Waals surface area (Å²) >= 11 is 0. The second-order valence-electron chi connectivity index (χ2n) is 3.53. The maximum Gasteiger partial charge on any atom is 0.416 e. The van der Waals surface area contributed by atoms with E-state index in [1.54, 1.807) is 0 Å². The zero-order valence-electron chi connectivity index (χ0n) is 7.80. The molecule has 1 aromatic rings. The SMILES string of the molecule is OC[C@@H]1NCc2cc(C(F)(F)F)ccc21. The van der Waals surface area contributed by atoms with Crippen LogP contribution in [0, 0.1) is 0 Å². The van der Waals surface area contributed by atoms with Crippen LogP contribution in [0.5, 0.6) is 0 Å². The number of benzene rings is 1. The molecular weight excluding hydrogens is 207 g/mol. The summed E-state index contributed by atoms with van der Waals surface area (Å²) in [4.78, 5) is 0. The van der Waals surface area contributed by atoms with Crippen LogP contribution in [-0.2, 0) is 12.7 Å².